The molecule has 35 heavy (non-hydrogen) atoms. The average molecular weight is 477 g/mol. The van der Waals surface area contributed by atoms with E-state index in [1.54, 1.807) is 0 Å². The van der Waals surface area contributed by atoms with Crippen molar-refractivity contribution in [3.05, 3.63) is 121 Å². The molecular formula is C32H33N2P. The predicted molar refractivity (Wildman–Crippen MR) is 154 cm³/mol. The van der Waals surface area contributed by atoms with Crippen molar-refractivity contribution in [1.82, 2.24) is 0 Å². The summed E-state index contributed by atoms with van der Waals surface area (Å²) in [4.78, 5) is 7.64. The molecule has 2 nitrogen and oxygen atoms in total. The second-order valence-corrected chi connectivity index (χ2v) is 11.4. The van der Waals surface area contributed by atoms with Crippen LogP contribution in [0.3, 0.4) is 0 Å². The molecule has 0 heterocycles. The van der Waals surface area contributed by atoms with Gasteiger partial charge < -0.3 is 4.90 Å². The van der Waals surface area contributed by atoms with Gasteiger partial charge in [0.1, 0.15) is 0 Å². The fraction of sp³-hybridized carbons (Fsp3) is 0.219. The number of nitrogens with zero attached hydrogens (tertiary/aromatic N) is 2. The zero-order valence-electron chi connectivity index (χ0n) is 20.4. The third-order valence-corrected chi connectivity index (χ3v) is 9.43. The van der Waals surface area contributed by atoms with Crippen LogP contribution in [0.25, 0.3) is 0 Å². The molecule has 0 saturated heterocycles. The highest BCUT2D eigenvalue weighted by molar-refractivity contribution is 7.80. The van der Waals surface area contributed by atoms with Gasteiger partial charge in [-0.05, 0) is 43.0 Å². The maximum absolute atomic E-state index is 5.11. The Morgan fingerprint density at radius 2 is 1.23 bits per heavy atom. The van der Waals surface area contributed by atoms with Gasteiger partial charge in [-0.3, -0.25) is 4.99 Å². The van der Waals surface area contributed by atoms with Gasteiger partial charge in [-0.2, -0.15) is 0 Å². The number of hydrogen-bond donors (Lipinski definition) is 0. The Kier molecular flexibility index (Phi) is 7.71. The largest absolute Gasteiger partial charge is 0.369 e. The molecule has 1 aliphatic carbocycles. The normalized spacial score (nSPS) is 18.1. The van der Waals surface area contributed by atoms with Gasteiger partial charge in [0.25, 0.3) is 0 Å². The van der Waals surface area contributed by atoms with Crippen LogP contribution in [0.2, 0.25) is 0 Å². The fourth-order valence-electron chi connectivity index (χ4n) is 5.15. The van der Waals surface area contributed by atoms with Crippen molar-refractivity contribution >= 4 is 35.7 Å². The molecule has 0 N–H and O–H groups in total. The number of para-hydroxylation sites is 1. The molecule has 3 heteroatoms. The molecule has 1 aliphatic rings. The third-order valence-electron chi connectivity index (χ3n) is 6.94. The quantitative estimate of drug-likeness (QED) is 0.225. The minimum Gasteiger partial charge on any atom is -0.369 e. The van der Waals surface area contributed by atoms with Crippen LogP contribution in [-0.4, -0.2) is 25.3 Å². The van der Waals surface area contributed by atoms with Crippen molar-refractivity contribution in [2.45, 2.75) is 37.8 Å². The monoisotopic (exact) mass is 476 g/mol. The van der Waals surface area contributed by atoms with Crippen molar-refractivity contribution < 1.29 is 0 Å². The van der Waals surface area contributed by atoms with Gasteiger partial charge in [0.2, 0.25) is 0 Å². The standard InChI is InChI=1S/C32H33N2P/c1-34(30-22-12-11-21-29(30)33-25-26-15-5-2-6-16-26)31-23-13-14-24-32(31)35(27-17-7-3-8-18-27)28-19-9-4-10-20-28/h2-10,13-20,23-25,29-30H,11-12,21-22H2,1H3/b33-25+. The first kappa shape index (κ1) is 23.5. The van der Waals surface area contributed by atoms with Crippen molar-refractivity contribution in [2.24, 2.45) is 4.99 Å². The second kappa shape index (κ2) is 11.5. The Bertz CT molecular complexity index is 1180. The van der Waals surface area contributed by atoms with Gasteiger partial charge in [-0.15, -0.1) is 0 Å². The number of anilines is 1. The van der Waals surface area contributed by atoms with Gasteiger partial charge in [-0.1, -0.05) is 122 Å². The molecule has 0 spiro atoms. The summed E-state index contributed by atoms with van der Waals surface area (Å²) in [6, 6.07) is 42.2. The van der Waals surface area contributed by atoms with E-state index in [0.29, 0.717) is 12.1 Å². The number of rotatable bonds is 7. The maximum Gasteiger partial charge on any atom is 0.0702 e. The van der Waals surface area contributed by atoms with Crippen LogP contribution in [-0.2, 0) is 0 Å². The van der Waals surface area contributed by atoms with E-state index in [4.69, 9.17) is 4.99 Å². The van der Waals surface area contributed by atoms with E-state index < -0.39 is 7.92 Å². The Labute approximate surface area is 211 Å². The number of benzene rings is 4. The fourth-order valence-corrected chi connectivity index (χ4v) is 7.64. The first-order valence-corrected chi connectivity index (χ1v) is 14.0. The summed E-state index contributed by atoms with van der Waals surface area (Å²) in [5, 5.41) is 4.19. The van der Waals surface area contributed by atoms with E-state index >= 15 is 0 Å². The van der Waals surface area contributed by atoms with E-state index in [0.717, 1.165) is 6.42 Å². The van der Waals surface area contributed by atoms with Crippen molar-refractivity contribution in [3.63, 3.8) is 0 Å². The van der Waals surface area contributed by atoms with Crippen LogP contribution in [0.1, 0.15) is 31.2 Å². The Morgan fingerprint density at radius 3 is 1.89 bits per heavy atom. The SMILES string of the molecule is CN(c1ccccc1P(c1ccccc1)c1ccccc1)C1CCCCC1/N=C/c1ccccc1. The maximum atomic E-state index is 5.11. The lowest BCUT2D eigenvalue weighted by atomic mass is 9.89. The van der Waals surface area contributed by atoms with Crippen molar-refractivity contribution in [2.75, 3.05) is 11.9 Å². The molecule has 176 valence electrons. The van der Waals surface area contributed by atoms with Crippen LogP contribution >= 0.6 is 7.92 Å². The highest BCUT2D eigenvalue weighted by Gasteiger charge is 2.30. The molecular weight excluding hydrogens is 443 g/mol. The predicted octanol–water partition coefficient (Wildman–Crippen LogP) is 6.31. The molecule has 5 rings (SSSR count). The van der Waals surface area contributed by atoms with Crippen LogP contribution < -0.4 is 20.8 Å². The smallest absolute Gasteiger partial charge is 0.0702 e. The van der Waals surface area contributed by atoms with Crippen LogP contribution in [0.4, 0.5) is 5.69 Å². The first-order valence-electron chi connectivity index (χ1n) is 12.6. The lowest BCUT2D eigenvalue weighted by molar-refractivity contribution is 0.376. The summed E-state index contributed by atoms with van der Waals surface area (Å²) in [6.07, 6.45) is 6.91. The molecule has 2 atom stereocenters. The minimum atomic E-state index is -0.659. The van der Waals surface area contributed by atoms with Gasteiger partial charge in [0.05, 0.1) is 12.1 Å². The van der Waals surface area contributed by atoms with Crippen LogP contribution in [0.5, 0.6) is 0 Å². The van der Waals surface area contributed by atoms with E-state index in [9.17, 15) is 0 Å². The topological polar surface area (TPSA) is 15.6 Å². The van der Waals surface area contributed by atoms with E-state index in [1.807, 2.05) is 0 Å². The average Bonchev–Trinajstić information content (AvgIpc) is 2.94. The molecule has 0 radical (unpaired) electrons. The van der Waals surface area contributed by atoms with Crippen molar-refractivity contribution in [1.29, 1.82) is 0 Å². The summed E-state index contributed by atoms with van der Waals surface area (Å²) >= 11 is 0. The number of hydrogen-bond acceptors (Lipinski definition) is 2. The molecule has 0 aliphatic heterocycles. The molecule has 0 amide bonds. The van der Waals surface area contributed by atoms with Gasteiger partial charge >= 0.3 is 0 Å². The van der Waals surface area contributed by atoms with Crippen LogP contribution in [0, 0.1) is 0 Å². The molecule has 4 aromatic carbocycles. The van der Waals surface area contributed by atoms with E-state index in [2.05, 4.69) is 133 Å². The molecule has 0 aromatic heterocycles. The number of likely N-dealkylation sites (N-methyl/N-ethyl adjacent to an activating group) is 1. The highest BCUT2D eigenvalue weighted by atomic mass is 31.1. The van der Waals surface area contributed by atoms with Crippen molar-refractivity contribution in [3.8, 4) is 0 Å². The summed E-state index contributed by atoms with van der Waals surface area (Å²) in [6.45, 7) is 0. The third kappa shape index (κ3) is 5.55. The number of aliphatic imine (C=N–C) groups is 1. The molecule has 0 bridgehead atoms. The Balaban J connectivity index is 1.51. The molecule has 4 aromatic rings. The van der Waals surface area contributed by atoms with Gasteiger partial charge in [-0.25, -0.2) is 0 Å². The summed E-state index contributed by atoms with van der Waals surface area (Å²) < 4.78 is 0. The first-order chi connectivity index (χ1) is 17.3. The van der Waals surface area contributed by atoms with Crippen LogP contribution in [0.15, 0.2) is 120 Å². The summed E-state index contributed by atoms with van der Waals surface area (Å²) in [5.74, 6) is 0. The lowest BCUT2D eigenvalue weighted by Crippen LogP contribution is -2.44. The highest BCUT2D eigenvalue weighted by Crippen LogP contribution is 2.38. The lowest BCUT2D eigenvalue weighted by Gasteiger charge is -2.39. The molecule has 2 unspecified atom stereocenters. The summed E-state index contributed by atoms with van der Waals surface area (Å²) in [7, 11) is 1.62. The molecule has 1 fully saturated rings. The Hall–Kier alpha value is -3.22. The van der Waals surface area contributed by atoms with Gasteiger partial charge in [0.15, 0.2) is 0 Å². The zero-order chi connectivity index (χ0) is 23.9. The Morgan fingerprint density at radius 1 is 0.686 bits per heavy atom. The van der Waals surface area contributed by atoms with E-state index in [-0.39, 0.29) is 0 Å². The molecule has 1 saturated carbocycles. The van der Waals surface area contributed by atoms with Gasteiger partial charge in [0, 0.05) is 24.3 Å². The zero-order valence-corrected chi connectivity index (χ0v) is 21.3. The second-order valence-electron chi connectivity index (χ2n) is 9.21. The van der Waals surface area contributed by atoms with E-state index in [1.165, 1.54) is 46.4 Å². The summed E-state index contributed by atoms with van der Waals surface area (Å²) in [5.41, 5.74) is 2.51. The minimum absolute atomic E-state index is 0.307.